The molecule has 0 atom stereocenters. The molecule has 0 saturated heterocycles. The summed E-state index contributed by atoms with van der Waals surface area (Å²) in [6, 6.07) is 21.8. The van der Waals surface area contributed by atoms with E-state index in [9.17, 15) is 4.79 Å². The van der Waals surface area contributed by atoms with E-state index in [-0.39, 0.29) is 5.78 Å². The van der Waals surface area contributed by atoms with Crippen LogP contribution < -0.4 is 4.74 Å². The molecule has 2 nitrogen and oxygen atoms in total. The van der Waals surface area contributed by atoms with E-state index in [1.807, 2.05) is 78.9 Å². The number of rotatable bonds is 5. The third-order valence-corrected chi connectivity index (χ3v) is 3.69. The van der Waals surface area contributed by atoms with Crippen LogP contribution in [0.4, 0.5) is 0 Å². The average molecular weight is 302 g/mol. The quantitative estimate of drug-likeness (QED) is 0.610. The third-order valence-electron chi connectivity index (χ3n) is 3.69. The van der Waals surface area contributed by atoms with E-state index in [0.717, 1.165) is 16.3 Å². The van der Waals surface area contributed by atoms with Crippen molar-refractivity contribution in [1.82, 2.24) is 0 Å². The normalized spacial score (nSPS) is 11.0. The minimum atomic E-state index is 0.0174. The summed E-state index contributed by atoms with van der Waals surface area (Å²) < 4.78 is 5.82. The fourth-order valence-electron chi connectivity index (χ4n) is 2.62. The predicted molar refractivity (Wildman–Crippen MR) is 94.9 cm³/mol. The van der Waals surface area contributed by atoms with Crippen molar-refractivity contribution >= 4 is 22.6 Å². The van der Waals surface area contributed by atoms with Crippen molar-refractivity contribution in [2.75, 3.05) is 6.61 Å². The van der Waals surface area contributed by atoms with Crippen LogP contribution in [-0.4, -0.2) is 12.4 Å². The smallest absolute Gasteiger partial charge is 0.164 e. The second-order valence-electron chi connectivity index (χ2n) is 5.34. The first kappa shape index (κ1) is 15.0. The monoisotopic (exact) mass is 302 g/mol. The molecular formula is C21H18O2. The van der Waals surface area contributed by atoms with Gasteiger partial charge in [-0.15, -0.1) is 0 Å². The molecule has 0 radical (unpaired) electrons. The fraction of sp³-hybridized carbons (Fsp3) is 0.0952. The minimum Gasteiger partial charge on any atom is -0.489 e. The van der Waals surface area contributed by atoms with Gasteiger partial charge >= 0.3 is 0 Å². The zero-order valence-corrected chi connectivity index (χ0v) is 13.0. The fourth-order valence-corrected chi connectivity index (χ4v) is 2.62. The van der Waals surface area contributed by atoms with Crippen LogP contribution in [0.2, 0.25) is 0 Å². The number of fused-ring (bicyclic) bond motifs is 1. The minimum absolute atomic E-state index is 0.0174. The first-order valence-electron chi connectivity index (χ1n) is 7.63. The molecule has 0 N–H and O–H groups in total. The molecule has 0 aliphatic carbocycles. The van der Waals surface area contributed by atoms with Crippen LogP contribution in [0, 0.1) is 0 Å². The standard InChI is InChI=1S/C21H18O2/c1-16(22)21-19-12-6-5-11-18(19)13-14-20(21)23-15-7-10-17-8-3-2-4-9-17/h2-14H,15H2,1H3/b10-7+. The van der Waals surface area contributed by atoms with Crippen molar-refractivity contribution in [2.24, 2.45) is 0 Å². The summed E-state index contributed by atoms with van der Waals surface area (Å²) >= 11 is 0. The van der Waals surface area contributed by atoms with Crippen molar-refractivity contribution in [1.29, 1.82) is 0 Å². The third kappa shape index (κ3) is 3.49. The molecule has 3 rings (SSSR count). The van der Waals surface area contributed by atoms with Crippen molar-refractivity contribution in [3.8, 4) is 5.75 Å². The van der Waals surface area contributed by atoms with Gasteiger partial charge in [-0.3, -0.25) is 4.79 Å². The van der Waals surface area contributed by atoms with Gasteiger partial charge in [-0.05, 0) is 35.4 Å². The average Bonchev–Trinajstić information content (AvgIpc) is 2.59. The first-order valence-corrected chi connectivity index (χ1v) is 7.63. The Morgan fingerprint density at radius 3 is 2.48 bits per heavy atom. The number of carbonyl (C=O) groups excluding carboxylic acids is 1. The number of hydrogen-bond acceptors (Lipinski definition) is 2. The van der Waals surface area contributed by atoms with Gasteiger partial charge in [0, 0.05) is 0 Å². The molecule has 0 aromatic heterocycles. The Morgan fingerprint density at radius 1 is 0.957 bits per heavy atom. The number of ether oxygens (including phenoxy) is 1. The summed E-state index contributed by atoms with van der Waals surface area (Å²) in [7, 11) is 0. The molecule has 3 aromatic rings. The highest BCUT2D eigenvalue weighted by Gasteiger charge is 2.12. The molecule has 0 fully saturated rings. The highest BCUT2D eigenvalue weighted by molar-refractivity contribution is 6.09. The van der Waals surface area contributed by atoms with Crippen LogP contribution in [0.5, 0.6) is 5.75 Å². The molecule has 23 heavy (non-hydrogen) atoms. The van der Waals surface area contributed by atoms with Crippen LogP contribution in [0.3, 0.4) is 0 Å². The van der Waals surface area contributed by atoms with Crippen LogP contribution >= 0.6 is 0 Å². The lowest BCUT2D eigenvalue weighted by Gasteiger charge is -2.11. The summed E-state index contributed by atoms with van der Waals surface area (Å²) in [5, 5.41) is 1.98. The Bertz CT molecular complexity index is 848. The number of carbonyl (C=O) groups is 1. The Morgan fingerprint density at radius 2 is 1.70 bits per heavy atom. The number of benzene rings is 3. The van der Waals surface area contributed by atoms with E-state index in [1.54, 1.807) is 6.92 Å². The maximum absolute atomic E-state index is 12.0. The molecule has 0 heterocycles. The lowest BCUT2D eigenvalue weighted by atomic mass is 10.0. The van der Waals surface area contributed by atoms with E-state index in [1.165, 1.54) is 0 Å². The van der Waals surface area contributed by atoms with Crippen molar-refractivity contribution in [2.45, 2.75) is 6.92 Å². The molecule has 3 aromatic carbocycles. The Labute approximate surface area is 136 Å². The SMILES string of the molecule is CC(=O)c1c(OC/C=C/c2ccccc2)ccc2ccccc12. The molecule has 0 bridgehead atoms. The molecule has 2 heteroatoms. The topological polar surface area (TPSA) is 26.3 Å². The Kier molecular flexibility index (Phi) is 4.53. The summed E-state index contributed by atoms with van der Waals surface area (Å²) in [6.07, 6.45) is 3.96. The van der Waals surface area contributed by atoms with Crippen LogP contribution in [-0.2, 0) is 0 Å². The van der Waals surface area contributed by atoms with Gasteiger partial charge in [0.25, 0.3) is 0 Å². The lowest BCUT2D eigenvalue weighted by molar-refractivity contribution is 0.101. The summed E-state index contributed by atoms with van der Waals surface area (Å²) in [5.41, 5.74) is 1.78. The van der Waals surface area contributed by atoms with Gasteiger partial charge in [-0.1, -0.05) is 66.7 Å². The molecule has 0 aliphatic heterocycles. The van der Waals surface area contributed by atoms with E-state index in [2.05, 4.69) is 0 Å². The van der Waals surface area contributed by atoms with E-state index >= 15 is 0 Å². The summed E-state index contributed by atoms with van der Waals surface area (Å²) in [6.45, 7) is 2.00. The first-order chi connectivity index (χ1) is 11.3. The number of hydrogen-bond donors (Lipinski definition) is 0. The van der Waals surface area contributed by atoms with E-state index in [4.69, 9.17) is 4.74 Å². The second kappa shape index (κ2) is 6.93. The zero-order chi connectivity index (χ0) is 16.1. The van der Waals surface area contributed by atoms with E-state index in [0.29, 0.717) is 17.9 Å². The van der Waals surface area contributed by atoms with Gasteiger partial charge in [-0.2, -0.15) is 0 Å². The Balaban J connectivity index is 1.81. The van der Waals surface area contributed by atoms with Crippen molar-refractivity contribution in [3.63, 3.8) is 0 Å². The van der Waals surface area contributed by atoms with Crippen LogP contribution in [0.15, 0.2) is 72.8 Å². The van der Waals surface area contributed by atoms with Crippen LogP contribution in [0.25, 0.3) is 16.8 Å². The van der Waals surface area contributed by atoms with E-state index < -0.39 is 0 Å². The predicted octanol–water partition coefficient (Wildman–Crippen LogP) is 5.13. The van der Waals surface area contributed by atoms with Gasteiger partial charge in [0.15, 0.2) is 5.78 Å². The molecule has 0 saturated carbocycles. The van der Waals surface area contributed by atoms with Gasteiger partial charge in [0.2, 0.25) is 0 Å². The van der Waals surface area contributed by atoms with Gasteiger partial charge in [0.1, 0.15) is 12.4 Å². The number of ketones is 1. The second-order valence-corrected chi connectivity index (χ2v) is 5.34. The molecule has 0 amide bonds. The summed E-state index contributed by atoms with van der Waals surface area (Å²) in [5.74, 6) is 0.651. The maximum atomic E-state index is 12.0. The van der Waals surface area contributed by atoms with Crippen molar-refractivity contribution in [3.05, 3.63) is 83.9 Å². The molecule has 114 valence electrons. The molecule has 0 aliphatic rings. The largest absolute Gasteiger partial charge is 0.489 e. The maximum Gasteiger partial charge on any atom is 0.164 e. The molecular weight excluding hydrogens is 284 g/mol. The van der Waals surface area contributed by atoms with Crippen LogP contribution in [0.1, 0.15) is 22.8 Å². The summed E-state index contributed by atoms with van der Waals surface area (Å²) in [4.78, 5) is 12.0. The Hall–Kier alpha value is -2.87. The van der Waals surface area contributed by atoms with Gasteiger partial charge in [-0.25, -0.2) is 0 Å². The highest BCUT2D eigenvalue weighted by Crippen LogP contribution is 2.28. The number of Topliss-reactive ketones (excluding diaryl/α,β-unsaturated/α-hetero) is 1. The molecule has 0 spiro atoms. The molecule has 0 unspecified atom stereocenters. The highest BCUT2D eigenvalue weighted by atomic mass is 16.5. The zero-order valence-electron chi connectivity index (χ0n) is 13.0. The van der Waals surface area contributed by atoms with Gasteiger partial charge < -0.3 is 4.74 Å². The van der Waals surface area contributed by atoms with Gasteiger partial charge in [0.05, 0.1) is 5.56 Å². The van der Waals surface area contributed by atoms with Crippen molar-refractivity contribution < 1.29 is 9.53 Å². The lowest BCUT2D eigenvalue weighted by Crippen LogP contribution is -2.02.